The van der Waals surface area contributed by atoms with E-state index in [1.165, 1.54) is 57.5 Å². The summed E-state index contributed by atoms with van der Waals surface area (Å²) < 4.78 is 15.5. The van der Waals surface area contributed by atoms with Crippen LogP contribution in [0.1, 0.15) is 128 Å². The SMILES string of the molecule is COC(=O)c1ccc(/C=C(/C(=O)Cl)c2ccc(C(C)(C)C)cc2)cc1.COC(=O)c1ccc(/C=C(/C(=O)Nc2ccc(OCC3CCCCC3)cc2)c2ccc(C(C)(C)C)cc2)cc1. The highest BCUT2D eigenvalue weighted by Gasteiger charge is 2.19. The van der Waals surface area contributed by atoms with Gasteiger partial charge in [-0.25, -0.2) is 9.59 Å². The minimum atomic E-state index is -0.527. The molecule has 0 unspecified atom stereocenters. The van der Waals surface area contributed by atoms with E-state index in [1.807, 2.05) is 78.9 Å². The number of amides is 1. The van der Waals surface area contributed by atoms with Gasteiger partial charge in [0.2, 0.25) is 0 Å². The first kappa shape index (κ1) is 48.8. The number of ether oxygens (including phenoxy) is 3. The van der Waals surface area contributed by atoms with Gasteiger partial charge in [0, 0.05) is 16.8 Å². The molecule has 5 aromatic rings. The van der Waals surface area contributed by atoms with Crippen LogP contribution in [-0.2, 0) is 29.9 Å². The minimum Gasteiger partial charge on any atom is -0.493 e. The van der Waals surface area contributed by atoms with Gasteiger partial charge in [-0.05, 0) is 135 Å². The molecular formula is C55H60ClNO7. The summed E-state index contributed by atoms with van der Waals surface area (Å²) in [6, 6.07) is 37.3. The number of hydrogen-bond acceptors (Lipinski definition) is 7. The van der Waals surface area contributed by atoms with E-state index in [9.17, 15) is 19.2 Å². The lowest BCUT2D eigenvalue weighted by Gasteiger charge is -2.21. The van der Waals surface area contributed by atoms with Crippen LogP contribution in [0.25, 0.3) is 23.3 Å². The van der Waals surface area contributed by atoms with Gasteiger partial charge in [0.05, 0.1) is 32.0 Å². The molecule has 1 saturated carbocycles. The van der Waals surface area contributed by atoms with Crippen molar-refractivity contribution in [3.63, 3.8) is 0 Å². The molecule has 8 nitrogen and oxygen atoms in total. The van der Waals surface area contributed by atoms with E-state index >= 15 is 0 Å². The van der Waals surface area contributed by atoms with E-state index in [1.54, 1.807) is 42.5 Å². The monoisotopic (exact) mass is 881 g/mol. The third kappa shape index (κ3) is 14.1. The van der Waals surface area contributed by atoms with Crippen molar-refractivity contribution >= 4 is 63.7 Å². The van der Waals surface area contributed by atoms with E-state index in [2.05, 4.69) is 63.7 Å². The van der Waals surface area contributed by atoms with E-state index in [-0.39, 0.29) is 16.7 Å². The Kier molecular flexibility index (Phi) is 17.1. The smallest absolute Gasteiger partial charge is 0.337 e. The summed E-state index contributed by atoms with van der Waals surface area (Å²) >= 11 is 5.78. The largest absolute Gasteiger partial charge is 0.493 e. The van der Waals surface area contributed by atoms with Gasteiger partial charge in [-0.15, -0.1) is 0 Å². The molecule has 1 aliphatic rings. The van der Waals surface area contributed by atoms with Crippen LogP contribution in [0.15, 0.2) is 121 Å². The van der Waals surface area contributed by atoms with Gasteiger partial charge in [0.25, 0.3) is 11.1 Å². The lowest BCUT2D eigenvalue weighted by molar-refractivity contribution is -0.111. The molecule has 1 fully saturated rings. The predicted molar refractivity (Wildman–Crippen MR) is 260 cm³/mol. The molecule has 0 radical (unpaired) electrons. The Balaban J connectivity index is 0.000000266. The molecule has 6 rings (SSSR count). The van der Waals surface area contributed by atoms with Crippen molar-refractivity contribution in [3.05, 3.63) is 166 Å². The number of rotatable bonds is 12. The molecule has 9 heteroatoms. The minimum absolute atomic E-state index is 0.00911. The van der Waals surface area contributed by atoms with Gasteiger partial charge in [0.15, 0.2) is 0 Å². The van der Waals surface area contributed by atoms with Gasteiger partial charge in [-0.3, -0.25) is 9.59 Å². The number of anilines is 1. The van der Waals surface area contributed by atoms with Crippen LogP contribution in [-0.4, -0.2) is 43.9 Å². The van der Waals surface area contributed by atoms with Gasteiger partial charge in [-0.2, -0.15) is 0 Å². The highest BCUT2D eigenvalue weighted by atomic mass is 35.5. The number of benzene rings is 5. The van der Waals surface area contributed by atoms with Crippen LogP contribution in [0, 0.1) is 5.92 Å². The summed E-state index contributed by atoms with van der Waals surface area (Å²) in [6.45, 7) is 13.6. The fourth-order valence-corrected chi connectivity index (χ4v) is 7.40. The number of carbonyl (C=O) groups is 4. The number of hydrogen-bond donors (Lipinski definition) is 1. The number of halogens is 1. The Morgan fingerprint density at radius 1 is 0.562 bits per heavy atom. The summed E-state index contributed by atoms with van der Waals surface area (Å²) in [5.74, 6) is 0.441. The van der Waals surface area contributed by atoms with E-state index in [0.717, 1.165) is 34.6 Å². The highest BCUT2D eigenvalue weighted by Crippen LogP contribution is 2.30. The summed E-state index contributed by atoms with van der Waals surface area (Å²) in [7, 11) is 2.69. The summed E-state index contributed by atoms with van der Waals surface area (Å²) in [6.07, 6.45) is 9.96. The molecule has 64 heavy (non-hydrogen) atoms. The topological polar surface area (TPSA) is 108 Å². The maximum atomic E-state index is 13.6. The Morgan fingerprint density at radius 3 is 1.38 bits per heavy atom. The first-order chi connectivity index (χ1) is 30.4. The molecular weight excluding hydrogens is 822 g/mol. The first-order valence-corrected chi connectivity index (χ1v) is 22.1. The van der Waals surface area contributed by atoms with Crippen LogP contribution >= 0.6 is 11.6 Å². The van der Waals surface area contributed by atoms with E-state index in [4.69, 9.17) is 21.1 Å². The zero-order valence-corrected chi connectivity index (χ0v) is 39.0. The average molecular weight is 883 g/mol. The van der Waals surface area contributed by atoms with Crippen molar-refractivity contribution in [1.29, 1.82) is 0 Å². The van der Waals surface area contributed by atoms with Crippen LogP contribution in [0.3, 0.4) is 0 Å². The standard InChI is InChI=1S/C34H39NO4.C21H21ClO3/c1-34(2,3)28-16-14-26(15-17-28)31(22-24-10-12-27(13-11-24)33(37)38-4)32(36)35-29-18-20-30(21-19-29)39-23-25-8-6-5-7-9-25;1-21(2,3)17-11-9-15(10-12-17)18(19(22)23)13-14-5-7-16(8-6-14)20(24)25-4/h10-22,25H,5-9,23H2,1-4H3,(H,35,36);5-13H,1-4H3/b31-22+;18-13+. The summed E-state index contributed by atoms with van der Waals surface area (Å²) in [5, 5.41) is 2.51. The maximum Gasteiger partial charge on any atom is 0.337 e. The van der Waals surface area contributed by atoms with Crippen molar-refractivity contribution in [2.45, 2.75) is 84.5 Å². The maximum absolute atomic E-state index is 13.6. The molecule has 1 aliphatic carbocycles. The van der Waals surface area contributed by atoms with Crippen molar-refractivity contribution in [1.82, 2.24) is 0 Å². The normalized spacial score (nSPS) is 13.5. The quantitative estimate of drug-likeness (QED) is 0.0575. The molecule has 0 aliphatic heterocycles. The van der Waals surface area contributed by atoms with Crippen LogP contribution in [0.4, 0.5) is 5.69 Å². The van der Waals surface area contributed by atoms with Crippen LogP contribution in [0.2, 0.25) is 0 Å². The Bertz CT molecular complexity index is 2410. The molecule has 1 N–H and O–H groups in total. The summed E-state index contributed by atoms with van der Waals surface area (Å²) in [4.78, 5) is 48.7. The molecule has 0 saturated heterocycles. The highest BCUT2D eigenvalue weighted by molar-refractivity contribution is 6.75. The molecule has 0 heterocycles. The van der Waals surface area contributed by atoms with Gasteiger partial charge in [-0.1, -0.05) is 134 Å². The molecule has 334 valence electrons. The van der Waals surface area contributed by atoms with E-state index in [0.29, 0.717) is 33.9 Å². The second-order valence-electron chi connectivity index (χ2n) is 18.1. The van der Waals surface area contributed by atoms with Gasteiger partial charge < -0.3 is 19.5 Å². The molecule has 0 spiro atoms. The van der Waals surface area contributed by atoms with Gasteiger partial charge >= 0.3 is 11.9 Å². The number of allylic oxidation sites excluding steroid dienone is 1. The molecule has 0 bridgehead atoms. The van der Waals surface area contributed by atoms with E-state index < -0.39 is 17.2 Å². The zero-order valence-electron chi connectivity index (χ0n) is 38.3. The Labute approximate surface area is 383 Å². The molecule has 5 aromatic carbocycles. The van der Waals surface area contributed by atoms with Crippen LogP contribution in [0.5, 0.6) is 5.75 Å². The lowest BCUT2D eigenvalue weighted by atomic mass is 9.86. The summed E-state index contributed by atoms with van der Waals surface area (Å²) in [5.41, 5.74) is 8.11. The predicted octanol–water partition coefficient (Wildman–Crippen LogP) is 13.0. The van der Waals surface area contributed by atoms with Crippen molar-refractivity contribution in [3.8, 4) is 5.75 Å². The first-order valence-electron chi connectivity index (χ1n) is 21.7. The third-order valence-electron chi connectivity index (χ3n) is 11.2. The third-order valence-corrected chi connectivity index (χ3v) is 11.4. The number of esters is 2. The molecule has 0 atom stereocenters. The van der Waals surface area contributed by atoms with Gasteiger partial charge in [0.1, 0.15) is 5.75 Å². The second-order valence-corrected chi connectivity index (χ2v) is 18.4. The van der Waals surface area contributed by atoms with Crippen LogP contribution < -0.4 is 10.1 Å². The lowest BCUT2D eigenvalue weighted by Crippen LogP contribution is -2.15. The van der Waals surface area contributed by atoms with Crippen molar-refractivity contribution in [2.24, 2.45) is 5.92 Å². The zero-order chi connectivity index (χ0) is 46.4. The molecule has 0 aromatic heterocycles. The average Bonchev–Trinajstić information content (AvgIpc) is 3.29. The number of nitrogens with one attached hydrogen (secondary N) is 1. The Morgan fingerprint density at radius 2 is 0.969 bits per heavy atom. The van der Waals surface area contributed by atoms with Crippen molar-refractivity contribution < 1.29 is 33.4 Å². The second kappa shape index (κ2) is 22.4. The van der Waals surface area contributed by atoms with Crippen molar-refractivity contribution in [2.75, 3.05) is 26.1 Å². The fourth-order valence-electron chi connectivity index (χ4n) is 7.23. The fraction of sp³-hybridized carbons (Fsp3) is 0.309. The molecule has 1 amide bonds. The Hall–Kier alpha value is -6.25. The number of methoxy groups -OCH3 is 2. The number of carbonyl (C=O) groups excluding carboxylic acids is 4.